The van der Waals surface area contributed by atoms with E-state index in [-0.39, 0.29) is 5.91 Å². The molecule has 94 valence electrons. The topological polar surface area (TPSA) is 49.3 Å². The van der Waals surface area contributed by atoms with Gasteiger partial charge in [0.05, 0.1) is 10.5 Å². The molecule has 1 aromatic heterocycles. The Morgan fingerprint density at radius 1 is 1.47 bits per heavy atom. The molecule has 0 atom stereocenters. The summed E-state index contributed by atoms with van der Waals surface area (Å²) in [5.41, 5.74) is -0.666. The van der Waals surface area contributed by atoms with Crippen molar-refractivity contribution in [3.05, 3.63) is 21.9 Å². The van der Waals surface area contributed by atoms with E-state index in [1.165, 1.54) is 16.2 Å². The van der Waals surface area contributed by atoms with Crippen LogP contribution in [0.15, 0.2) is 12.1 Å². The number of nitrogens with one attached hydrogen (secondary N) is 1. The minimum Gasteiger partial charge on any atom is -0.388 e. The van der Waals surface area contributed by atoms with Crippen LogP contribution in [0.3, 0.4) is 0 Å². The van der Waals surface area contributed by atoms with E-state index in [1.807, 2.05) is 12.1 Å². The number of carbonyl (C=O) groups excluding carboxylic acids is 1. The van der Waals surface area contributed by atoms with Crippen molar-refractivity contribution in [1.29, 1.82) is 0 Å². The molecular formula is C13H19NO2S. The first-order valence-corrected chi connectivity index (χ1v) is 7.04. The summed E-state index contributed by atoms with van der Waals surface area (Å²) >= 11 is 1.53. The van der Waals surface area contributed by atoms with E-state index < -0.39 is 5.60 Å². The van der Waals surface area contributed by atoms with Crippen molar-refractivity contribution < 1.29 is 9.90 Å². The highest BCUT2D eigenvalue weighted by molar-refractivity contribution is 7.14. The van der Waals surface area contributed by atoms with E-state index in [9.17, 15) is 9.90 Å². The number of aliphatic hydroxyl groups is 1. The number of carbonyl (C=O) groups is 1. The van der Waals surface area contributed by atoms with Gasteiger partial charge < -0.3 is 10.4 Å². The van der Waals surface area contributed by atoms with Crippen molar-refractivity contribution in [1.82, 2.24) is 5.32 Å². The van der Waals surface area contributed by atoms with Crippen molar-refractivity contribution in [2.75, 3.05) is 6.54 Å². The quantitative estimate of drug-likeness (QED) is 0.865. The molecule has 0 aliphatic heterocycles. The van der Waals surface area contributed by atoms with Gasteiger partial charge in [-0.25, -0.2) is 0 Å². The minimum absolute atomic E-state index is 0.0602. The Morgan fingerprint density at radius 3 is 2.76 bits per heavy atom. The van der Waals surface area contributed by atoms with E-state index in [4.69, 9.17) is 0 Å². The van der Waals surface area contributed by atoms with E-state index in [0.29, 0.717) is 6.54 Å². The summed E-state index contributed by atoms with van der Waals surface area (Å²) < 4.78 is 0. The first-order chi connectivity index (χ1) is 8.13. The molecular weight excluding hydrogens is 234 g/mol. The number of hydrogen-bond acceptors (Lipinski definition) is 3. The van der Waals surface area contributed by atoms with Crippen LogP contribution in [-0.2, 0) is 6.42 Å². The zero-order valence-corrected chi connectivity index (χ0v) is 11.0. The minimum atomic E-state index is -0.666. The van der Waals surface area contributed by atoms with Crippen LogP contribution < -0.4 is 5.32 Å². The SMILES string of the molecule is CCc1ccc(C(=O)NCC2(O)CCCC2)s1. The highest BCUT2D eigenvalue weighted by atomic mass is 32.1. The average molecular weight is 253 g/mol. The molecule has 0 aromatic carbocycles. The standard InChI is InChI=1S/C13H19NO2S/c1-2-10-5-6-11(17-10)12(15)14-9-13(16)7-3-4-8-13/h5-6,16H,2-4,7-9H2,1H3,(H,14,15). The Morgan fingerprint density at radius 2 is 2.18 bits per heavy atom. The van der Waals surface area contributed by atoms with Gasteiger partial charge in [0.15, 0.2) is 0 Å². The highest BCUT2D eigenvalue weighted by Crippen LogP contribution is 2.28. The molecule has 17 heavy (non-hydrogen) atoms. The molecule has 0 bridgehead atoms. The van der Waals surface area contributed by atoms with Gasteiger partial charge in [0.1, 0.15) is 0 Å². The summed E-state index contributed by atoms with van der Waals surface area (Å²) in [5, 5.41) is 13.0. The van der Waals surface area contributed by atoms with Gasteiger partial charge >= 0.3 is 0 Å². The van der Waals surface area contributed by atoms with Crippen LogP contribution in [-0.4, -0.2) is 23.2 Å². The van der Waals surface area contributed by atoms with Gasteiger partial charge in [-0.15, -0.1) is 11.3 Å². The van der Waals surface area contributed by atoms with Crippen LogP contribution in [0.2, 0.25) is 0 Å². The van der Waals surface area contributed by atoms with Crippen molar-refractivity contribution in [3.8, 4) is 0 Å². The van der Waals surface area contributed by atoms with Gasteiger partial charge in [-0.2, -0.15) is 0 Å². The van der Waals surface area contributed by atoms with Gasteiger partial charge in [0.25, 0.3) is 5.91 Å². The van der Waals surface area contributed by atoms with E-state index in [1.54, 1.807) is 0 Å². The second kappa shape index (κ2) is 5.19. The maximum Gasteiger partial charge on any atom is 0.261 e. The molecule has 0 unspecified atom stereocenters. The van der Waals surface area contributed by atoms with Crippen molar-refractivity contribution in [2.45, 2.75) is 44.6 Å². The predicted molar refractivity (Wildman–Crippen MR) is 69.4 cm³/mol. The summed E-state index contributed by atoms with van der Waals surface area (Å²) in [7, 11) is 0. The van der Waals surface area contributed by atoms with E-state index in [2.05, 4.69) is 12.2 Å². The van der Waals surface area contributed by atoms with Crippen LogP contribution >= 0.6 is 11.3 Å². The lowest BCUT2D eigenvalue weighted by molar-refractivity contribution is 0.0450. The second-order valence-corrected chi connectivity index (χ2v) is 5.90. The number of amides is 1. The zero-order valence-electron chi connectivity index (χ0n) is 10.2. The van der Waals surface area contributed by atoms with Crippen LogP contribution in [0.25, 0.3) is 0 Å². The van der Waals surface area contributed by atoms with Crippen LogP contribution in [0.4, 0.5) is 0 Å². The van der Waals surface area contributed by atoms with Crippen LogP contribution in [0.1, 0.15) is 47.2 Å². The second-order valence-electron chi connectivity index (χ2n) is 4.73. The highest BCUT2D eigenvalue weighted by Gasteiger charge is 2.31. The number of aryl methyl sites for hydroxylation is 1. The lowest BCUT2D eigenvalue weighted by atomic mass is 10.0. The number of rotatable bonds is 4. The van der Waals surface area contributed by atoms with E-state index >= 15 is 0 Å². The molecule has 2 rings (SSSR count). The summed E-state index contributed by atoms with van der Waals surface area (Å²) in [6.07, 6.45) is 4.69. The van der Waals surface area contributed by atoms with Crippen molar-refractivity contribution in [3.63, 3.8) is 0 Å². The van der Waals surface area contributed by atoms with Gasteiger partial charge in [-0.1, -0.05) is 19.8 Å². The molecule has 1 saturated carbocycles. The first-order valence-electron chi connectivity index (χ1n) is 6.22. The van der Waals surface area contributed by atoms with Gasteiger partial charge in [0, 0.05) is 11.4 Å². The first kappa shape index (κ1) is 12.6. The summed E-state index contributed by atoms with van der Waals surface area (Å²) in [5.74, 6) is -0.0602. The molecule has 4 heteroatoms. The summed E-state index contributed by atoms with van der Waals surface area (Å²) in [4.78, 5) is 13.8. The van der Waals surface area contributed by atoms with Crippen molar-refractivity contribution >= 4 is 17.2 Å². The number of hydrogen-bond donors (Lipinski definition) is 2. The lowest BCUT2D eigenvalue weighted by Gasteiger charge is -2.22. The largest absolute Gasteiger partial charge is 0.388 e. The molecule has 1 fully saturated rings. The molecule has 0 radical (unpaired) electrons. The van der Waals surface area contributed by atoms with Crippen LogP contribution in [0, 0.1) is 0 Å². The fraction of sp³-hybridized carbons (Fsp3) is 0.615. The molecule has 1 heterocycles. The Balaban J connectivity index is 1.88. The summed E-state index contributed by atoms with van der Waals surface area (Å²) in [6, 6.07) is 3.85. The zero-order chi connectivity index (χ0) is 12.3. The average Bonchev–Trinajstić information content (AvgIpc) is 2.95. The monoisotopic (exact) mass is 253 g/mol. The fourth-order valence-corrected chi connectivity index (χ4v) is 3.10. The Hall–Kier alpha value is -0.870. The maximum atomic E-state index is 11.9. The third-order valence-electron chi connectivity index (χ3n) is 3.35. The molecule has 1 amide bonds. The molecule has 1 aromatic rings. The van der Waals surface area contributed by atoms with Gasteiger partial charge in [-0.3, -0.25) is 4.79 Å². The Kier molecular flexibility index (Phi) is 3.84. The molecule has 1 aliphatic rings. The number of thiophene rings is 1. The third-order valence-corrected chi connectivity index (χ3v) is 4.57. The lowest BCUT2D eigenvalue weighted by Crippen LogP contribution is -2.40. The van der Waals surface area contributed by atoms with Gasteiger partial charge in [0.2, 0.25) is 0 Å². The van der Waals surface area contributed by atoms with Gasteiger partial charge in [-0.05, 0) is 31.4 Å². The Bertz CT molecular complexity index is 394. The Labute approximate surface area is 106 Å². The molecule has 2 N–H and O–H groups in total. The third kappa shape index (κ3) is 3.07. The smallest absolute Gasteiger partial charge is 0.261 e. The van der Waals surface area contributed by atoms with Crippen LogP contribution in [0.5, 0.6) is 0 Å². The van der Waals surface area contributed by atoms with E-state index in [0.717, 1.165) is 37.0 Å². The molecule has 1 aliphatic carbocycles. The maximum absolute atomic E-state index is 11.9. The molecule has 0 saturated heterocycles. The molecule has 3 nitrogen and oxygen atoms in total. The summed E-state index contributed by atoms with van der Waals surface area (Å²) in [6.45, 7) is 2.46. The molecule has 0 spiro atoms. The predicted octanol–water partition coefficient (Wildman–Crippen LogP) is 2.35. The fourth-order valence-electron chi connectivity index (χ4n) is 2.23. The normalized spacial score (nSPS) is 18.2. The van der Waals surface area contributed by atoms with Crippen molar-refractivity contribution in [2.24, 2.45) is 0 Å².